The lowest BCUT2D eigenvalue weighted by Crippen LogP contribution is -2.50. The van der Waals surface area contributed by atoms with E-state index in [0.717, 1.165) is 19.2 Å². The summed E-state index contributed by atoms with van der Waals surface area (Å²) in [5.74, 6) is 2.63. The number of nitrogens with zero attached hydrogens (tertiary/aromatic N) is 1. The van der Waals surface area contributed by atoms with Crippen molar-refractivity contribution < 1.29 is 4.74 Å². The summed E-state index contributed by atoms with van der Waals surface area (Å²) in [6, 6.07) is 0.753. The van der Waals surface area contributed by atoms with Crippen LogP contribution in [0.1, 0.15) is 45.4 Å². The molecule has 0 amide bonds. The summed E-state index contributed by atoms with van der Waals surface area (Å²) in [5, 5.41) is 3.67. The van der Waals surface area contributed by atoms with Gasteiger partial charge in [0.1, 0.15) is 0 Å². The highest BCUT2D eigenvalue weighted by Crippen LogP contribution is 2.36. The van der Waals surface area contributed by atoms with Crippen LogP contribution in [0.25, 0.3) is 0 Å². The van der Waals surface area contributed by atoms with E-state index in [1.807, 2.05) is 0 Å². The van der Waals surface area contributed by atoms with Gasteiger partial charge in [0.15, 0.2) is 0 Å². The van der Waals surface area contributed by atoms with E-state index < -0.39 is 0 Å². The SMILES string of the molecule is COCCNCC1(CN2CCSCC2C)CCCCCC1. The lowest BCUT2D eigenvalue weighted by Gasteiger charge is -2.42. The van der Waals surface area contributed by atoms with E-state index >= 15 is 0 Å². The zero-order valence-corrected chi connectivity index (χ0v) is 14.8. The van der Waals surface area contributed by atoms with Crippen LogP contribution in [0.3, 0.4) is 0 Å². The topological polar surface area (TPSA) is 24.5 Å². The molecule has 0 aromatic heterocycles. The largest absolute Gasteiger partial charge is 0.383 e. The summed E-state index contributed by atoms with van der Waals surface area (Å²) in [5.41, 5.74) is 0.501. The molecule has 1 aliphatic carbocycles. The van der Waals surface area contributed by atoms with E-state index in [0.29, 0.717) is 5.41 Å². The molecule has 1 atom stereocenters. The maximum atomic E-state index is 5.18. The third kappa shape index (κ3) is 5.74. The maximum absolute atomic E-state index is 5.18. The standard InChI is InChI=1S/C17H34N2OS/c1-16-13-21-12-10-19(16)15-17(14-18-9-11-20-2)7-5-3-4-6-8-17/h16,18H,3-15H2,1-2H3. The summed E-state index contributed by atoms with van der Waals surface area (Å²) in [6.45, 7) is 7.98. The van der Waals surface area contributed by atoms with Crippen molar-refractivity contribution in [2.24, 2.45) is 5.41 Å². The Labute approximate surface area is 135 Å². The molecule has 0 bridgehead atoms. The lowest BCUT2D eigenvalue weighted by atomic mass is 9.79. The van der Waals surface area contributed by atoms with Gasteiger partial charge in [-0.05, 0) is 25.2 Å². The number of hydrogen-bond donors (Lipinski definition) is 1. The minimum Gasteiger partial charge on any atom is -0.383 e. The molecule has 1 aliphatic heterocycles. The number of hydrogen-bond acceptors (Lipinski definition) is 4. The Hall–Kier alpha value is 0.230. The van der Waals surface area contributed by atoms with Gasteiger partial charge in [0.25, 0.3) is 0 Å². The van der Waals surface area contributed by atoms with Crippen LogP contribution in [0, 0.1) is 5.41 Å². The van der Waals surface area contributed by atoms with Gasteiger partial charge >= 0.3 is 0 Å². The first-order valence-corrected chi connectivity index (χ1v) is 9.93. The fraction of sp³-hybridized carbons (Fsp3) is 1.00. The molecule has 1 heterocycles. The van der Waals surface area contributed by atoms with Gasteiger partial charge in [0, 0.05) is 50.8 Å². The number of rotatable bonds is 7. The number of nitrogens with one attached hydrogen (secondary N) is 1. The summed E-state index contributed by atoms with van der Waals surface area (Å²) < 4.78 is 5.18. The quantitative estimate of drug-likeness (QED) is 0.577. The van der Waals surface area contributed by atoms with E-state index in [-0.39, 0.29) is 0 Å². The van der Waals surface area contributed by atoms with Crippen LogP contribution in [0.2, 0.25) is 0 Å². The van der Waals surface area contributed by atoms with Gasteiger partial charge in [0.05, 0.1) is 6.61 Å². The van der Waals surface area contributed by atoms with Crippen LogP contribution in [0.5, 0.6) is 0 Å². The first-order valence-electron chi connectivity index (χ1n) is 8.77. The molecule has 1 N–H and O–H groups in total. The van der Waals surface area contributed by atoms with Crippen LogP contribution in [0.4, 0.5) is 0 Å². The third-order valence-electron chi connectivity index (χ3n) is 5.19. The summed E-state index contributed by atoms with van der Waals surface area (Å²) in [7, 11) is 1.79. The Kier molecular flexibility index (Phi) is 7.86. The highest BCUT2D eigenvalue weighted by molar-refractivity contribution is 7.99. The van der Waals surface area contributed by atoms with Crippen molar-refractivity contribution in [2.45, 2.75) is 51.5 Å². The van der Waals surface area contributed by atoms with Gasteiger partial charge in [-0.25, -0.2) is 0 Å². The fourth-order valence-corrected chi connectivity index (χ4v) is 4.91. The van der Waals surface area contributed by atoms with E-state index in [2.05, 4.69) is 28.9 Å². The molecular formula is C17H34N2OS. The molecule has 2 rings (SSSR count). The minimum absolute atomic E-state index is 0.501. The second-order valence-corrected chi connectivity index (χ2v) is 8.13. The fourth-order valence-electron chi connectivity index (χ4n) is 3.82. The van der Waals surface area contributed by atoms with Crippen molar-refractivity contribution in [3.63, 3.8) is 0 Å². The Morgan fingerprint density at radius 2 is 2.00 bits per heavy atom. The smallest absolute Gasteiger partial charge is 0.0587 e. The van der Waals surface area contributed by atoms with Gasteiger partial charge < -0.3 is 10.1 Å². The summed E-state index contributed by atoms with van der Waals surface area (Å²) in [4.78, 5) is 2.76. The molecule has 1 saturated carbocycles. The van der Waals surface area contributed by atoms with Crippen molar-refractivity contribution in [1.82, 2.24) is 10.2 Å². The molecule has 21 heavy (non-hydrogen) atoms. The zero-order valence-electron chi connectivity index (χ0n) is 14.0. The second kappa shape index (κ2) is 9.39. The van der Waals surface area contributed by atoms with E-state index in [9.17, 15) is 0 Å². The Balaban J connectivity index is 1.92. The third-order valence-corrected chi connectivity index (χ3v) is 6.38. The van der Waals surface area contributed by atoms with E-state index in [1.54, 1.807) is 7.11 Å². The van der Waals surface area contributed by atoms with Crippen LogP contribution >= 0.6 is 11.8 Å². The van der Waals surface area contributed by atoms with Crippen molar-refractivity contribution in [2.75, 3.05) is 51.4 Å². The molecule has 0 aromatic carbocycles. The minimum atomic E-state index is 0.501. The van der Waals surface area contributed by atoms with Gasteiger partial charge in [-0.2, -0.15) is 11.8 Å². The number of thioether (sulfide) groups is 1. The maximum Gasteiger partial charge on any atom is 0.0587 e. The van der Waals surface area contributed by atoms with E-state index in [4.69, 9.17) is 4.74 Å². The number of ether oxygens (including phenoxy) is 1. The van der Waals surface area contributed by atoms with Crippen molar-refractivity contribution in [3.05, 3.63) is 0 Å². The van der Waals surface area contributed by atoms with Gasteiger partial charge in [0.2, 0.25) is 0 Å². The normalized spacial score (nSPS) is 27.4. The highest BCUT2D eigenvalue weighted by Gasteiger charge is 2.34. The second-order valence-electron chi connectivity index (χ2n) is 6.98. The molecule has 0 radical (unpaired) electrons. The molecule has 1 unspecified atom stereocenters. The molecular weight excluding hydrogens is 280 g/mol. The summed E-state index contributed by atoms with van der Waals surface area (Å²) >= 11 is 2.12. The predicted octanol–water partition coefficient (Wildman–Crippen LogP) is 3.00. The Morgan fingerprint density at radius 1 is 1.24 bits per heavy atom. The van der Waals surface area contributed by atoms with Crippen molar-refractivity contribution in [1.29, 1.82) is 0 Å². The van der Waals surface area contributed by atoms with Gasteiger partial charge in [-0.3, -0.25) is 4.90 Å². The Bertz CT molecular complexity index is 280. The van der Waals surface area contributed by atoms with Crippen molar-refractivity contribution in [3.8, 4) is 0 Å². The lowest BCUT2D eigenvalue weighted by molar-refractivity contribution is 0.105. The van der Waals surface area contributed by atoms with Crippen LogP contribution in [-0.2, 0) is 4.74 Å². The average molecular weight is 315 g/mol. The molecule has 0 spiro atoms. The molecule has 124 valence electrons. The first-order chi connectivity index (χ1) is 10.3. The predicted molar refractivity (Wildman–Crippen MR) is 93.2 cm³/mol. The molecule has 3 nitrogen and oxygen atoms in total. The molecule has 1 saturated heterocycles. The average Bonchev–Trinajstić information content (AvgIpc) is 2.72. The van der Waals surface area contributed by atoms with Crippen LogP contribution in [-0.4, -0.2) is 62.3 Å². The van der Waals surface area contributed by atoms with Gasteiger partial charge in [-0.1, -0.05) is 25.7 Å². The molecule has 0 aromatic rings. The first kappa shape index (κ1) is 17.6. The van der Waals surface area contributed by atoms with Crippen LogP contribution < -0.4 is 5.32 Å². The summed E-state index contributed by atoms with van der Waals surface area (Å²) in [6.07, 6.45) is 8.52. The monoisotopic (exact) mass is 314 g/mol. The zero-order chi connectivity index (χ0) is 15.0. The number of methoxy groups -OCH3 is 1. The molecule has 2 aliphatic rings. The molecule has 2 fully saturated rings. The van der Waals surface area contributed by atoms with Gasteiger partial charge in [-0.15, -0.1) is 0 Å². The Morgan fingerprint density at radius 3 is 2.67 bits per heavy atom. The highest BCUT2D eigenvalue weighted by atomic mass is 32.2. The van der Waals surface area contributed by atoms with Crippen LogP contribution in [0.15, 0.2) is 0 Å². The molecule has 4 heteroatoms. The van der Waals surface area contributed by atoms with Crippen molar-refractivity contribution >= 4 is 11.8 Å². The van der Waals surface area contributed by atoms with E-state index in [1.165, 1.54) is 69.7 Å².